The van der Waals surface area contributed by atoms with Gasteiger partial charge in [-0.2, -0.15) is 13.2 Å². The molecule has 0 aliphatic carbocycles. The first kappa shape index (κ1) is 22.4. The van der Waals surface area contributed by atoms with Crippen LogP contribution in [0.4, 0.5) is 18.9 Å². The van der Waals surface area contributed by atoms with Crippen molar-refractivity contribution in [2.24, 2.45) is 0 Å². The van der Waals surface area contributed by atoms with Crippen LogP contribution in [-0.2, 0) is 16.4 Å². The minimum atomic E-state index is -4.47. The summed E-state index contributed by atoms with van der Waals surface area (Å²) < 4.78 is 44.2. The molecule has 0 aromatic heterocycles. The molecule has 3 nitrogen and oxygen atoms in total. The minimum absolute atomic E-state index is 0.0650. The van der Waals surface area contributed by atoms with Gasteiger partial charge in [-0.15, -0.1) is 0 Å². The van der Waals surface area contributed by atoms with E-state index in [-0.39, 0.29) is 11.1 Å². The standard InChI is InChI=1S/C25H24F3NO2/c1-17(23(30)29-21-11-7-10-20(16-21)25(26,27)28)31-22-14-12-19(13-15-22)24(2,3)18-8-5-4-6-9-18/h4-17H,1-3H3,(H,29,30). The highest BCUT2D eigenvalue weighted by Crippen LogP contribution is 2.33. The smallest absolute Gasteiger partial charge is 0.416 e. The maximum absolute atomic E-state index is 12.8. The van der Waals surface area contributed by atoms with Gasteiger partial charge in [-0.25, -0.2) is 0 Å². The molecule has 3 aromatic rings. The minimum Gasteiger partial charge on any atom is -0.481 e. The third kappa shape index (κ3) is 5.45. The van der Waals surface area contributed by atoms with Crippen LogP contribution in [0.3, 0.4) is 0 Å². The zero-order valence-electron chi connectivity index (χ0n) is 17.5. The molecule has 1 unspecified atom stereocenters. The second-order valence-electron chi connectivity index (χ2n) is 7.84. The van der Waals surface area contributed by atoms with Gasteiger partial charge in [0, 0.05) is 11.1 Å². The molecule has 1 atom stereocenters. The summed E-state index contributed by atoms with van der Waals surface area (Å²) >= 11 is 0. The summed E-state index contributed by atoms with van der Waals surface area (Å²) in [6, 6.07) is 22.1. The number of rotatable bonds is 6. The monoisotopic (exact) mass is 427 g/mol. The van der Waals surface area contributed by atoms with Gasteiger partial charge in [0.2, 0.25) is 0 Å². The number of anilines is 1. The largest absolute Gasteiger partial charge is 0.481 e. The summed E-state index contributed by atoms with van der Waals surface area (Å²) in [5, 5.41) is 2.47. The molecule has 0 heterocycles. The van der Waals surface area contributed by atoms with Crippen molar-refractivity contribution in [3.05, 3.63) is 95.6 Å². The molecule has 0 aliphatic heterocycles. The van der Waals surface area contributed by atoms with Crippen LogP contribution in [0.5, 0.6) is 5.75 Å². The van der Waals surface area contributed by atoms with E-state index in [4.69, 9.17) is 4.74 Å². The number of amides is 1. The Morgan fingerprint density at radius 3 is 2.03 bits per heavy atom. The average Bonchev–Trinajstić information content (AvgIpc) is 2.74. The van der Waals surface area contributed by atoms with E-state index in [2.05, 4.69) is 31.3 Å². The molecule has 31 heavy (non-hydrogen) atoms. The predicted molar refractivity (Wildman–Crippen MR) is 115 cm³/mol. The fraction of sp³-hybridized carbons (Fsp3) is 0.240. The van der Waals surface area contributed by atoms with Crippen molar-refractivity contribution in [2.45, 2.75) is 38.5 Å². The highest BCUT2D eigenvalue weighted by atomic mass is 19.4. The molecule has 0 spiro atoms. The van der Waals surface area contributed by atoms with Crippen LogP contribution in [0, 0.1) is 0 Å². The first-order chi connectivity index (χ1) is 14.6. The van der Waals surface area contributed by atoms with Gasteiger partial charge in [-0.3, -0.25) is 4.79 Å². The number of hydrogen-bond acceptors (Lipinski definition) is 2. The Labute approximate surface area is 179 Å². The SMILES string of the molecule is CC(Oc1ccc(C(C)(C)c2ccccc2)cc1)C(=O)Nc1cccc(C(F)(F)F)c1. The highest BCUT2D eigenvalue weighted by molar-refractivity contribution is 5.94. The van der Waals surface area contributed by atoms with Crippen LogP contribution >= 0.6 is 0 Å². The number of ether oxygens (including phenoxy) is 1. The molecule has 3 rings (SSSR count). The van der Waals surface area contributed by atoms with E-state index in [1.54, 1.807) is 19.1 Å². The molecule has 0 bridgehead atoms. The normalized spacial score (nSPS) is 12.8. The second kappa shape index (κ2) is 8.84. The van der Waals surface area contributed by atoms with Crippen LogP contribution in [0.2, 0.25) is 0 Å². The fourth-order valence-corrected chi connectivity index (χ4v) is 3.25. The number of carbonyl (C=O) groups excluding carboxylic acids is 1. The third-order valence-corrected chi connectivity index (χ3v) is 5.21. The van der Waals surface area contributed by atoms with Crippen LogP contribution in [0.15, 0.2) is 78.9 Å². The number of alkyl halides is 3. The van der Waals surface area contributed by atoms with Gasteiger partial charge in [0.25, 0.3) is 5.91 Å². The number of hydrogen-bond donors (Lipinski definition) is 1. The van der Waals surface area contributed by atoms with Crippen molar-refractivity contribution in [3.63, 3.8) is 0 Å². The molecule has 0 fully saturated rings. The predicted octanol–water partition coefficient (Wildman–Crippen LogP) is 6.44. The van der Waals surface area contributed by atoms with Crippen molar-refractivity contribution in [1.82, 2.24) is 0 Å². The Morgan fingerprint density at radius 1 is 0.839 bits per heavy atom. The van der Waals surface area contributed by atoms with Crippen molar-refractivity contribution in [3.8, 4) is 5.75 Å². The highest BCUT2D eigenvalue weighted by Gasteiger charge is 2.30. The average molecular weight is 427 g/mol. The van der Waals surface area contributed by atoms with E-state index < -0.39 is 23.8 Å². The zero-order chi connectivity index (χ0) is 22.6. The molecule has 6 heteroatoms. The van der Waals surface area contributed by atoms with Gasteiger partial charge in [0.15, 0.2) is 6.10 Å². The molecule has 3 aromatic carbocycles. The molecule has 0 radical (unpaired) electrons. The number of benzene rings is 3. The number of halogens is 3. The molecule has 1 amide bonds. The maximum atomic E-state index is 12.8. The quantitative estimate of drug-likeness (QED) is 0.492. The Hall–Kier alpha value is -3.28. The van der Waals surface area contributed by atoms with Crippen LogP contribution in [-0.4, -0.2) is 12.0 Å². The molecule has 0 saturated heterocycles. The summed E-state index contributed by atoms with van der Waals surface area (Å²) in [6.45, 7) is 5.80. The summed E-state index contributed by atoms with van der Waals surface area (Å²) in [5.74, 6) is -0.0349. The van der Waals surface area contributed by atoms with E-state index in [0.29, 0.717) is 5.75 Å². The number of carbonyl (C=O) groups is 1. The van der Waals surface area contributed by atoms with E-state index in [1.807, 2.05) is 30.3 Å². The molecule has 162 valence electrons. The Balaban J connectivity index is 1.65. The zero-order valence-corrected chi connectivity index (χ0v) is 17.5. The molecular weight excluding hydrogens is 403 g/mol. The lowest BCUT2D eigenvalue weighted by molar-refractivity contribution is -0.137. The lowest BCUT2D eigenvalue weighted by Gasteiger charge is -2.26. The van der Waals surface area contributed by atoms with E-state index in [0.717, 1.165) is 17.7 Å². The van der Waals surface area contributed by atoms with Crippen molar-refractivity contribution in [2.75, 3.05) is 5.32 Å². The van der Waals surface area contributed by atoms with Gasteiger partial charge >= 0.3 is 6.18 Å². The van der Waals surface area contributed by atoms with E-state index in [9.17, 15) is 18.0 Å². The third-order valence-electron chi connectivity index (χ3n) is 5.21. The van der Waals surface area contributed by atoms with Crippen LogP contribution < -0.4 is 10.1 Å². The Bertz CT molecular complexity index is 1030. The lowest BCUT2D eigenvalue weighted by atomic mass is 9.78. The van der Waals surface area contributed by atoms with Crippen LogP contribution in [0.1, 0.15) is 37.5 Å². The van der Waals surface area contributed by atoms with Gasteiger partial charge in [0.05, 0.1) is 5.56 Å². The van der Waals surface area contributed by atoms with E-state index in [1.165, 1.54) is 17.7 Å². The summed E-state index contributed by atoms with van der Waals surface area (Å²) in [6.07, 6.45) is -5.36. The van der Waals surface area contributed by atoms with E-state index >= 15 is 0 Å². The summed E-state index contributed by atoms with van der Waals surface area (Å²) in [4.78, 5) is 12.4. The summed E-state index contributed by atoms with van der Waals surface area (Å²) in [5.41, 5.74) is 1.31. The Morgan fingerprint density at radius 2 is 1.42 bits per heavy atom. The van der Waals surface area contributed by atoms with Crippen molar-refractivity contribution < 1.29 is 22.7 Å². The first-order valence-electron chi connectivity index (χ1n) is 9.88. The van der Waals surface area contributed by atoms with Crippen molar-refractivity contribution >= 4 is 11.6 Å². The summed E-state index contributed by atoms with van der Waals surface area (Å²) in [7, 11) is 0. The second-order valence-corrected chi connectivity index (χ2v) is 7.84. The maximum Gasteiger partial charge on any atom is 0.416 e. The van der Waals surface area contributed by atoms with Gasteiger partial charge in [-0.05, 0) is 48.4 Å². The molecule has 0 aliphatic rings. The van der Waals surface area contributed by atoms with Gasteiger partial charge in [-0.1, -0.05) is 62.4 Å². The molecule has 0 saturated carbocycles. The lowest BCUT2D eigenvalue weighted by Crippen LogP contribution is -2.30. The topological polar surface area (TPSA) is 38.3 Å². The first-order valence-corrected chi connectivity index (χ1v) is 9.88. The molecule has 1 N–H and O–H groups in total. The van der Waals surface area contributed by atoms with Gasteiger partial charge in [0.1, 0.15) is 5.75 Å². The van der Waals surface area contributed by atoms with Crippen molar-refractivity contribution in [1.29, 1.82) is 0 Å². The molecular formula is C25H24F3NO2. The van der Waals surface area contributed by atoms with Gasteiger partial charge < -0.3 is 10.1 Å². The number of nitrogens with one attached hydrogen (secondary N) is 1. The Kier molecular flexibility index (Phi) is 6.39. The fourth-order valence-electron chi connectivity index (χ4n) is 3.25. The van der Waals surface area contributed by atoms with Crippen LogP contribution in [0.25, 0.3) is 0 Å².